The number of carbonyl (C=O) groups excluding carboxylic acids is 1. The molecule has 1 aliphatic rings. The summed E-state index contributed by atoms with van der Waals surface area (Å²) >= 11 is 0. The minimum Gasteiger partial charge on any atom is -0.490 e. The quantitative estimate of drug-likeness (QED) is 0.632. The van der Waals surface area contributed by atoms with Crippen molar-refractivity contribution in [1.82, 2.24) is 5.32 Å². The fraction of sp³-hybridized carbons (Fsp3) is 0.500. The molecule has 1 aliphatic heterocycles. The van der Waals surface area contributed by atoms with Crippen molar-refractivity contribution in [1.29, 1.82) is 0 Å². The molecule has 7 heteroatoms. The van der Waals surface area contributed by atoms with Gasteiger partial charge in [0.15, 0.2) is 16.4 Å². The molecule has 25 heavy (non-hydrogen) atoms. The standard InChI is InChI=1S/C18H26N2O4S/c1-4-10-24-16-7-5-15(6-8-16)12-20(3)13-17(21)19-18(2)9-11-25(22,23)14-18/h4-8H,1,9-14H2,2-3H3,(H,19,21)/p+1/t18-/m1/s1. The number of hydrogen-bond donors (Lipinski definition) is 2. The van der Waals surface area contributed by atoms with Gasteiger partial charge in [-0.1, -0.05) is 12.7 Å². The van der Waals surface area contributed by atoms with Crippen LogP contribution < -0.4 is 15.0 Å². The number of quaternary nitrogens is 1. The van der Waals surface area contributed by atoms with Crippen molar-refractivity contribution in [3.63, 3.8) is 0 Å². The Bertz CT molecular complexity index is 715. The molecule has 1 unspecified atom stereocenters. The molecule has 1 amide bonds. The second-order valence-corrected chi connectivity index (χ2v) is 9.19. The first-order valence-corrected chi connectivity index (χ1v) is 10.2. The Labute approximate surface area is 149 Å². The lowest BCUT2D eigenvalue weighted by Crippen LogP contribution is -3.09. The minimum absolute atomic E-state index is 0.0248. The lowest BCUT2D eigenvalue weighted by molar-refractivity contribution is -0.885. The molecule has 1 fully saturated rings. The number of rotatable bonds is 8. The molecule has 6 nitrogen and oxygen atoms in total. The van der Waals surface area contributed by atoms with Crippen molar-refractivity contribution in [2.75, 3.05) is 31.7 Å². The molecule has 0 radical (unpaired) electrons. The predicted octanol–water partition coefficient (Wildman–Crippen LogP) is -0.0405. The smallest absolute Gasteiger partial charge is 0.275 e. The highest BCUT2D eigenvalue weighted by molar-refractivity contribution is 7.91. The van der Waals surface area contributed by atoms with E-state index in [9.17, 15) is 13.2 Å². The topological polar surface area (TPSA) is 76.9 Å². The number of sulfone groups is 1. The zero-order valence-corrected chi connectivity index (χ0v) is 15.7. The summed E-state index contributed by atoms with van der Waals surface area (Å²) in [6.07, 6.45) is 2.17. The Kier molecular flexibility index (Phi) is 6.24. The average molecular weight is 367 g/mol. The van der Waals surface area contributed by atoms with Crippen LogP contribution in [-0.2, 0) is 21.2 Å². The minimum atomic E-state index is -3.03. The molecule has 138 valence electrons. The highest BCUT2D eigenvalue weighted by Gasteiger charge is 2.39. The van der Waals surface area contributed by atoms with Crippen LogP contribution in [0.2, 0.25) is 0 Å². The summed E-state index contributed by atoms with van der Waals surface area (Å²) in [5, 5.41) is 2.89. The average Bonchev–Trinajstić information content (AvgIpc) is 2.79. The van der Waals surface area contributed by atoms with Gasteiger partial charge in [-0.25, -0.2) is 8.42 Å². The van der Waals surface area contributed by atoms with Gasteiger partial charge in [0, 0.05) is 5.56 Å². The van der Waals surface area contributed by atoms with Crippen molar-refractivity contribution in [2.45, 2.75) is 25.4 Å². The zero-order valence-electron chi connectivity index (χ0n) is 14.9. The fourth-order valence-corrected chi connectivity index (χ4v) is 5.13. The van der Waals surface area contributed by atoms with Gasteiger partial charge in [-0.3, -0.25) is 4.79 Å². The number of ether oxygens (including phenoxy) is 1. The highest BCUT2D eigenvalue weighted by Crippen LogP contribution is 2.22. The van der Waals surface area contributed by atoms with E-state index in [0.717, 1.165) is 16.2 Å². The van der Waals surface area contributed by atoms with Crippen LogP contribution >= 0.6 is 0 Å². The van der Waals surface area contributed by atoms with E-state index in [-0.39, 0.29) is 17.4 Å². The Hall–Kier alpha value is -1.86. The molecule has 0 bridgehead atoms. The Morgan fingerprint density at radius 3 is 2.64 bits per heavy atom. The molecule has 2 rings (SSSR count). The van der Waals surface area contributed by atoms with Crippen LogP contribution in [0.15, 0.2) is 36.9 Å². The summed E-state index contributed by atoms with van der Waals surface area (Å²) < 4.78 is 28.7. The molecule has 1 saturated heterocycles. The van der Waals surface area contributed by atoms with E-state index < -0.39 is 15.4 Å². The number of nitrogens with one attached hydrogen (secondary N) is 2. The number of amides is 1. The highest BCUT2D eigenvalue weighted by atomic mass is 32.2. The maximum absolute atomic E-state index is 12.2. The van der Waals surface area contributed by atoms with Crippen molar-refractivity contribution in [3.8, 4) is 5.75 Å². The number of benzene rings is 1. The van der Waals surface area contributed by atoms with Gasteiger partial charge in [0.2, 0.25) is 0 Å². The molecule has 1 aromatic carbocycles. The number of likely N-dealkylation sites (N-methyl/N-ethyl adjacent to an activating group) is 1. The van der Waals surface area contributed by atoms with Crippen LogP contribution in [0.5, 0.6) is 5.75 Å². The van der Waals surface area contributed by atoms with E-state index in [0.29, 0.717) is 26.1 Å². The van der Waals surface area contributed by atoms with Crippen LogP contribution in [0.1, 0.15) is 18.9 Å². The van der Waals surface area contributed by atoms with Gasteiger partial charge in [-0.15, -0.1) is 0 Å². The van der Waals surface area contributed by atoms with Gasteiger partial charge in [0.25, 0.3) is 5.91 Å². The molecule has 1 heterocycles. The monoisotopic (exact) mass is 367 g/mol. The molecular formula is C18H27N2O4S+. The van der Waals surface area contributed by atoms with E-state index >= 15 is 0 Å². The molecular weight excluding hydrogens is 340 g/mol. The van der Waals surface area contributed by atoms with Crippen molar-refractivity contribution >= 4 is 15.7 Å². The Morgan fingerprint density at radius 2 is 2.08 bits per heavy atom. The van der Waals surface area contributed by atoms with Crippen LogP contribution in [0.4, 0.5) is 0 Å². The summed E-state index contributed by atoms with van der Waals surface area (Å²) in [6.45, 7) is 6.87. The third-order valence-corrected chi connectivity index (χ3v) is 6.11. The molecule has 0 aromatic heterocycles. The molecule has 1 aromatic rings. The SMILES string of the molecule is C=CCOc1ccc(C[NH+](C)CC(=O)N[C@]2(C)CCS(=O)(=O)C2)cc1. The first-order chi connectivity index (χ1) is 11.7. The van der Waals surface area contributed by atoms with Gasteiger partial charge in [-0.05, 0) is 37.6 Å². The van der Waals surface area contributed by atoms with E-state index in [4.69, 9.17) is 4.74 Å². The second kappa shape index (κ2) is 8.01. The fourth-order valence-electron chi connectivity index (χ4n) is 3.03. The van der Waals surface area contributed by atoms with Crippen molar-refractivity contribution in [3.05, 3.63) is 42.5 Å². The molecule has 0 spiro atoms. The first kappa shape index (κ1) is 19.5. The van der Waals surface area contributed by atoms with Crippen LogP contribution in [0, 0.1) is 0 Å². The second-order valence-electron chi connectivity index (χ2n) is 7.01. The summed E-state index contributed by atoms with van der Waals surface area (Å²) in [5.74, 6) is 0.835. The first-order valence-electron chi connectivity index (χ1n) is 8.37. The number of carbonyl (C=O) groups is 1. The molecule has 0 saturated carbocycles. The van der Waals surface area contributed by atoms with Gasteiger partial charge in [0.05, 0.1) is 24.1 Å². The molecule has 0 aliphatic carbocycles. The van der Waals surface area contributed by atoms with Gasteiger partial charge < -0.3 is 15.0 Å². The maximum atomic E-state index is 12.2. The van der Waals surface area contributed by atoms with Gasteiger partial charge in [-0.2, -0.15) is 0 Å². The predicted molar refractivity (Wildman–Crippen MR) is 97.4 cm³/mol. The van der Waals surface area contributed by atoms with Gasteiger partial charge in [0.1, 0.15) is 18.9 Å². The van der Waals surface area contributed by atoms with E-state index in [1.165, 1.54) is 0 Å². The normalized spacial score (nSPS) is 23.0. The van der Waals surface area contributed by atoms with Gasteiger partial charge >= 0.3 is 0 Å². The van der Waals surface area contributed by atoms with E-state index in [1.54, 1.807) is 13.0 Å². The summed E-state index contributed by atoms with van der Waals surface area (Å²) in [6, 6.07) is 7.75. The van der Waals surface area contributed by atoms with Crippen LogP contribution in [0.25, 0.3) is 0 Å². The summed E-state index contributed by atoms with van der Waals surface area (Å²) in [4.78, 5) is 13.3. The maximum Gasteiger partial charge on any atom is 0.275 e. The van der Waals surface area contributed by atoms with Crippen LogP contribution in [0.3, 0.4) is 0 Å². The zero-order chi connectivity index (χ0) is 18.5. The van der Waals surface area contributed by atoms with Crippen molar-refractivity contribution in [2.24, 2.45) is 0 Å². The Balaban J connectivity index is 1.82. The van der Waals surface area contributed by atoms with E-state index in [1.807, 2.05) is 31.3 Å². The summed E-state index contributed by atoms with van der Waals surface area (Å²) in [5.41, 5.74) is 0.464. The van der Waals surface area contributed by atoms with E-state index in [2.05, 4.69) is 11.9 Å². The van der Waals surface area contributed by atoms with Crippen molar-refractivity contribution < 1.29 is 22.8 Å². The lowest BCUT2D eigenvalue weighted by atomic mass is 10.0. The molecule has 2 atom stereocenters. The third-order valence-electron chi connectivity index (χ3n) is 4.20. The Morgan fingerprint density at radius 1 is 1.40 bits per heavy atom. The van der Waals surface area contributed by atoms with Crippen LogP contribution in [-0.4, -0.2) is 51.6 Å². The third kappa shape index (κ3) is 6.17. The lowest BCUT2D eigenvalue weighted by Gasteiger charge is -2.24. The number of hydrogen-bond acceptors (Lipinski definition) is 4. The largest absolute Gasteiger partial charge is 0.490 e. The molecule has 2 N–H and O–H groups in total. The summed E-state index contributed by atoms with van der Waals surface area (Å²) in [7, 11) is -1.09.